The quantitative estimate of drug-likeness (QED) is 0.332. The molecule has 3 aromatic carbocycles. The monoisotopic (exact) mass is 447 g/mol. The summed E-state index contributed by atoms with van der Waals surface area (Å²) in [6.07, 6.45) is 5.40. The van der Waals surface area contributed by atoms with E-state index in [9.17, 15) is 19.7 Å². The van der Waals surface area contributed by atoms with Crippen LogP contribution >= 0.6 is 11.6 Å². The first-order chi connectivity index (χ1) is 15.4. The van der Waals surface area contributed by atoms with E-state index in [1.807, 2.05) is 30.3 Å². The highest BCUT2D eigenvalue weighted by molar-refractivity contribution is 6.30. The number of nitrogens with one attached hydrogen (secondary N) is 1. The molecule has 3 rings (SSSR count). The molecule has 0 bridgehead atoms. The summed E-state index contributed by atoms with van der Waals surface area (Å²) in [5, 5.41) is 14.3. The first-order valence-electron chi connectivity index (χ1n) is 9.52. The van der Waals surface area contributed by atoms with Crippen molar-refractivity contribution >= 4 is 34.8 Å². The van der Waals surface area contributed by atoms with Gasteiger partial charge in [0.25, 0.3) is 5.69 Å². The summed E-state index contributed by atoms with van der Waals surface area (Å²) >= 11 is 5.97. The molecule has 0 spiro atoms. The minimum atomic E-state index is -1.16. The summed E-state index contributed by atoms with van der Waals surface area (Å²) in [6, 6.07) is 19.8. The standard InChI is InChI=1S/C24H18ClN3O4/c1-2-22(29)27(20-14-10-19(25)11-15-20)23(18-8-12-21(13-9-18)28(31)32)24(30)26-16-17-6-4-3-5-7-17/h1,3-15,23H,16H2,(H,26,30). The van der Waals surface area contributed by atoms with Gasteiger partial charge in [-0.2, -0.15) is 0 Å². The van der Waals surface area contributed by atoms with Gasteiger partial charge in [-0.3, -0.25) is 24.6 Å². The summed E-state index contributed by atoms with van der Waals surface area (Å²) in [4.78, 5) is 37.7. The molecule has 0 saturated heterocycles. The number of hydrogen-bond acceptors (Lipinski definition) is 4. The number of rotatable bonds is 7. The van der Waals surface area contributed by atoms with Crippen LogP contribution in [-0.2, 0) is 16.1 Å². The van der Waals surface area contributed by atoms with Gasteiger partial charge in [0, 0.05) is 29.4 Å². The number of carbonyl (C=O) groups is 2. The predicted molar refractivity (Wildman–Crippen MR) is 122 cm³/mol. The Labute approximate surface area is 189 Å². The van der Waals surface area contributed by atoms with E-state index in [4.69, 9.17) is 18.0 Å². The van der Waals surface area contributed by atoms with Crippen molar-refractivity contribution in [2.45, 2.75) is 12.6 Å². The van der Waals surface area contributed by atoms with Crippen LogP contribution in [0.5, 0.6) is 0 Å². The molecule has 0 aliphatic rings. The molecule has 1 atom stereocenters. The van der Waals surface area contributed by atoms with Crippen LogP contribution in [-0.4, -0.2) is 16.7 Å². The summed E-state index contributed by atoms with van der Waals surface area (Å²) in [5.74, 6) is 0.809. The highest BCUT2D eigenvalue weighted by Crippen LogP contribution is 2.30. The first kappa shape index (κ1) is 22.5. The Morgan fingerprint density at radius 2 is 1.66 bits per heavy atom. The minimum Gasteiger partial charge on any atom is -0.350 e. The number of benzene rings is 3. The molecule has 3 aromatic rings. The van der Waals surface area contributed by atoms with E-state index in [0.717, 1.165) is 10.5 Å². The lowest BCUT2D eigenvalue weighted by Crippen LogP contribution is -2.43. The fourth-order valence-electron chi connectivity index (χ4n) is 3.13. The number of nitrogens with zero attached hydrogens (tertiary/aromatic N) is 2. The van der Waals surface area contributed by atoms with Crippen molar-refractivity contribution in [3.63, 3.8) is 0 Å². The number of non-ortho nitro benzene ring substituents is 1. The fourth-order valence-corrected chi connectivity index (χ4v) is 3.26. The largest absolute Gasteiger partial charge is 0.350 e. The van der Waals surface area contributed by atoms with Crippen LogP contribution in [0.1, 0.15) is 17.2 Å². The van der Waals surface area contributed by atoms with E-state index in [-0.39, 0.29) is 12.2 Å². The average molecular weight is 448 g/mol. The van der Waals surface area contributed by atoms with E-state index < -0.39 is 22.8 Å². The Morgan fingerprint density at radius 1 is 1.03 bits per heavy atom. The van der Waals surface area contributed by atoms with E-state index in [0.29, 0.717) is 16.3 Å². The summed E-state index contributed by atoms with van der Waals surface area (Å²) in [7, 11) is 0. The van der Waals surface area contributed by atoms with Gasteiger partial charge in [-0.15, -0.1) is 6.42 Å². The molecule has 0 aliphatic carbocycles. The number of hydrogen-bond donors (Lipinski definition) is 1. The second kappa shape index (κ2) is 10.2. The predicted octanol–water partition coefficient (Wildman–Crippen LogP) is 4.27. The number of nitro groups is 1. The number of amides is 2. The van der Waals surface area contributed by atoms with Crippen LogP contribution in [0.4, 0.5) is 11.4 Å². The SMILES string of the molecule is C#CC(=O)N(c1ccc(Cl)cc1)C(C(=O)NCc1ccccc1)c1ccc([N+](=O)[O-])cc1. The first-order valence-corrected chi connectivity index (χ1v) is 9.90. The molecule has 7 nitrogen and oxygen atoms in total. The van der Waals surface area contributed by atoms with Gasteiger partial charge in [0.15, 0.2) is 0 Å². The molecule has 0 fully saturated rings. The van der Waals surface area contributed by atoms with Gasteiger partial charge in [-0.05, 0) is 53.4 Å². The molecular formula is C24H18ClN3O4. The van der Waals surface area contributed by atoms with Crippen molar-refractivity contribution in [2.75, 3.05) is 4.90 Å². The zero-order valence-electron chi connectivity index (χ0n) is 16.8. The van der Waals surface area contributed by atoms with Crippen molar-refractivity contribution in [3.05, 3.63) is 105 Å². The van der Waals surface area contributed by atoms with Crippen LogP contribution in [0.25, 0.3) is 0 Å². The Kier molecular flexibility index (Phi) is 7.21. The minimum absolute atomic E-state index is 0.140. The number of carbonyl (C=O) groups excluding carboxylic acids is 2. The third-order valence-corrected chi connectivity index (χ3v) is 4.93. The maximum atomic E-state index is 13.3. The van der Waals surface area contributed by atoms with Gasteiger partial charge in [0.05, 0.1) is 4.92 Å². The molecule has 160 valence electrons. The molecule has 1 N–H and O–H groups in total. The maximum absolute atomic E-state index is 13.3. The molecule has 2 amide bonds. The summed E-state index contributed by atoms with van der Waals surface area (Å²) in [6.45, 7) is 0.224. The molecule has 0 radical (unpaired) electrons. The Morgan fingerprint density at radius 3 is 2.22 bits per heavy atom. The topological polar surface area (TPSA) is 92.6 Å². The molecule has 0 aromatic heterocycles. The van der Waals surface area contributed by atoms with Gasteiger partial charge in [-0.25, -0.2) is 0 Å². The molecule has 0 saturated carbocycles. The fraction of sp³-hybridized carbons (Fsp3) is 0.0833. The van der Waals surface area contributed by atoms with E-state index >= 15 is 0 Å². The van der Waals surface area contributed by atoms with Gasteiger partial charge < -0.3 is 5.32 Å². The van der Waals surface area contributed by atoms with Crippen LogP contribution in [0.3, 0.4) is 0 Å². The van der Waals surface area contributed by atoms with Crippen molar-refractivity contribution in [1.29, 1.82) is 0 Å². The number of anilines is 1. The number of terminal acetylenes is 1. The second-order valence-electron chi connectivity index (χ2n) is 6.75. The van der Waals surface area contributed by atoms with Crippen molar-refractivity contribution in [3.8, 4) is 12.3 Å². The Hall–Kier alpha value is -4.15. The zero-order chi connectivity index (χ0) is 23.1. The Bertz CT molecular complexity index is 1160. The average Bonchev–Trinajstić information content (AvgIpc) is 2.82. The highest BCUT2D eigenvalue weighted by atomic mass is 35.5. The number of halogens is 1. The van der Waals surface area contributed by atoms with Gasteiger partial charge in [0.2, 0.25) is 5.91 Å². The van der Waals surface area contributed by atoms with Crippen LogP contribution in [0.2, 0.25) is 5.02 Å². The third-order valence-electron chi connectivity index (χ3n) is 4.68. The Balaban J connectivity index is 2.03. The zero-order valence-corrected chi connectivity index (χ0v) is 17.5. The summed E-state index contributed by atoms with van der Waals surface area (Å²) < 4.78 is 0. The molecular weight excluding hydrogens is 430 g/mol. The lowest BCUT2D eigenvalue weighted by atomic mass is 10.0. The van der Waals surface area contributed by atoms with Crippen LogP contribution in [0, 0.1) is 22.5 Å². The maximum Gasteiger partial charge on any atom is 0.303 e. The molecule has 32 heavy (non-hydrogen) atoms. The normalized spacial score (nSPS) is 11.1. The van der Waals surface area contributed by atoms with Crippen molar-refractivity contribution in [2.24, 2.45) is 0 Å². The van der Waals surface area contributed by atoms with Crippen molar-refractivity contribution in [1.82, 2.24) is 5.32 Å². The van der Waals surface area contributed by atoms with Gasteiger partial charge >= 0.3 is 5.91 Å². The lowest BCUT2D eigenvalue weighted by Gasteiger charge is -2.30. The lowest BCUT2D eigenvalue weighted by molar-refractivity contribution is -0.384. The van der Waals surface area contributed by atoms with Gasteiger partial charge in [-0.1, -0.05) is 41.9 Å². The second-order valence-corrected chi connectivity index (χ2v) is 7.19. The smallest absolute Gasteiger partial charge is 0.303 e. The van der Waals surface area contributed by atoms with E-state index in [2.05, 4.69) is 11.2 Å². The van der Waals surface area contributed by atoms with Gasteiger partial charge in [0.1, 0.15) is 6.04 Å². The molecule has 0 heterocycles. The summed E-state index contributed by atoms with van der Waals surface area (Å²) in [5.41, 5.74) is 1.44. The number of nitro benzene ring substituents is 1. The highest BCUT2D eigenvalue weighted by Gasteiger charge is 2.32. The van der Waals surface area contributed by atoms with Crippen LogP contribution in [0.15, 0.2) is 78.9 Å². The third kappa shape index (κ3) is 5.31. The van der Waals surface area contributed by atoms with E-state index in [1.165, 1.54) is 24.3 Å². The van der Waals surface area contributed by atoms with Crippen molar-refractivity contribution < 1.29 is 14.5 Å². The molecule has 1 unspecified atom stereocenters. The van der Waals surface area contributed by atoms with E-state index in [1.54, 1.807) is 24.3 Å². The molecule has 8 heteroatoms. The molecule has 0 aliphatic heterocycles. The van der Waals surface area contributed by atoms with Crippen LogP contribution < -0.4 is 10.2 Å².